The maximum absolute atomic E-state index is 12.2. The van der Waals surface area contributed by atoms with Gasteiger partial charge >= 0.3 is 0 Å². The minimum absolute atomic E-state index is 0.0598. The number of carbonyl (C=O) groups excluding carboxylic acids is 1. The summed E-state index contributed by atoms with van der Waals surface area (Å²) in [6.45, 7) is 0. The van der Waals surface area contributed by atoms with Crippen molar-refractivity contribution in [2.24, 2.45) is 17.8 Å². The molecule has 5 heteroatoms. The number of hydrogen-bond donors (Lipinski definition) is 1. The second-order valence-electron chi connectivity index (χ2n) is 7.52. The summed E-state index contributed by atoms with van der Waals surface area (Å²) in [7, 11) is -2.98. The Morgan fingerprint density at radius 1 is 1.10 bits per heavy atom. The van der Waals surface area contributed by atoms with E-state index in [4.69, 9.17) is 0 Å². The van der Waals surface area contributed by atoms with E-state index in [-0.39, 0.29) is 17.2 Å². The first-order valence-electron chi connectivity index (χ1n) is 8.40. The first kappa shape index (κ1) is 15.3. The van der Waals surface area contributed by atoms with Crippen LogP contribution < -0.4 is 5.32 Å². The van der Waals surface area contributed by atoms with E-state index in [0.29, 0.717) is 18.8 Å². The third kappa shape index (κ3) is 3.61. The van der Waals surface area contributed by atoms with Crippen LogP contribution in [0, 0.1) is 17.8 Å². The molecule has 0 radical (unpaired) electrons. The van der Waals surface area contributed by atoms with Crippen LogP contribution in [0.25, 0.3) is 0 Å². The molecule has 3 fully saturated rings. The summed E-state index contributed by atoms with van der Waals surface area (Å²) < 4.78 is 23.3. The number of fused-ring (bicyclic) bond motifs is 2. The van der Waals surface area contributed by atoms with Crippen molar-refractivity contribution in [1.29, 1.82) is 0 Å². The SMILES string of the molecule is CS(=O)(=O)[C@@H]1CCC[C@H](NC(=O)C[C@@H]2C[C@H]3CC[C@H]2C3)C1. The fourth-order valence-electron chi connectivity index (χ4n) is 4.82. The van der Waals surface area contributed by atoms with Crippen LogP contribution in [0.15, 0.2) is 0 Å². The lowest BCUT2D eigenvalue weighted by atomic mass is 9.86. The molecule has 3 saturated carbocycles. The average molecular weight is 313 g/mol. The smallest absolute Gasteiger partial charge is 0.220 e. The van der Waals surface area contributed by atoms with Gasteiger partial charge in [0.15, 0.2) is 0 Å². The Hall–Kier alpha value is -0.580. The Morgan fingerprint density at radius 2 is 1.90 bits per heavy atom. The molecule has 4 nitrogen and oxygen atoms in total. The van der Waals surface area contributed by atoms with E-state index in [2.05, 4.69) is 5.32 Å². The largest absolute Gasteiger partial charge is 0.353 e. The fourth-order valence-corrected chi connectivity index (χ4v) is 5.99. The zero-order valence-corrected chi connectivity index (χ0v) is 13.7. The van der Waals surface area contributed by atoms with Crippen molar-refractivity contribution in [1.82, 2.24) is 5.32 Å². The zero-order valence-electron chi connectivity index (χ0n) is 12.9. The topological polar surface area (TPSA) is 63.2 Å². The van der Waals surface area contributed by atoms with Gasteiger partial charge in [0.1, 0.15) is 9.84 Å². The second-order valence-corrected chi connectivity index (χ2v) is 9.85. The Balaban J connectivity index is 1.48. The van der Waals surface area contributed by atoms with E-state index < -0.39 is 9.84 Å². The molecule has 0 heterocycles. The Kier molecular flexibility index (Phi) is 4.30. The van der Waals surface area contributed by atoms with Gasteiger partial charge in [0.25, 0.3) is 0 Å². The van der Waals surface area contributed by atoms with Crippen LogP contribution in [0.5, 0.6) is 0 Å². The van der Waals surface area contributed by atoms with Gasteiger partial charge in [0, 0.05) is 18.7 Å². The van der Waals surface area contributed by atoms with Crippen molar-refractivity contribution in [3.05, 3.63) is 0 Å². The van der Waals surface area contributed by atoms with Crippen LogP contribution in [0.3, 0.4) is 0 Å². The van der Waals surface area contributed by atoms with Crippen molar-refractivity contribution in [2.75, 3.05) is 6.26 Å². The van der Waals surface area contributed by atoms with Gasteiger partial charge < -0.3 is 5.32 Å². The number of sulfone groups is 1. The van der Waals surface area contributed by atoms with Crippen molar-refractivity contribution in [2.45, 2.75) is 69.1 Å². The maximum atomic E-state index is 12.2. The summed E-state index contributed by atoms with van der Waals surface area (Å²) in [4.78, 5) is 12.2. The van der Waals surface area contributed by atoms with Crippen molar-refractivity contribution >= 4 is 15.7 Å². The molecule has 21 heavy (non-hydrogen) atoms. The molecule has 3 rings (SSSR count). The van der Waals surface area contributed by atoms with E-state index in [9.17, 15) is 13.2 Å². The van der Waals surface area contributed by atoms with Crippen LogP contribution in [0.4, 0.5) is 0 Å². The Labute approximate surface area is 128 Å². The van der Waals surface area contributed by atoms with Crippen molar-refractivity contribution in [3.8, 4) is 0 Å². The Morgan fingerprint density at radius 3 is 2.52 bits per heavy atom. The lowest BCUT2D eigenvalue weighted by Gasteiger charge is -2.29. The van der Waals surface area contributed by atoms with Gasteiger partial charge in [-0.05, 0) is 56.3 Å². The Bertz CT molecular complexity index is 502. The fraction of sp³-hybridized carbons (Fsp3) is 0.938. The predicted molar refractivity (Wildman–Crippen MR) is 82.6 cm³/mol. The average Bonchev–Trinajstić information content (AvgIpc) is 3.00. The highest BCUT2D eigenvalue weighted by Crippen LogP contribution is 2.49. The molecule has 0 spiro atoms. The number of carbonyl (C=O) groups is 1. The first-order chi connectivity index (χ1) is 9.91. The van der Waals surface area contributed by atoms with Gasteiger partial charge in [0.2, 0.25) is 5.91 Å². The van der Waals surface area contributed by atoms with Gasteiger partial charge in [-0.1, -0.05) is 12.8 Å². The molecule has 0 saturated heterocycles. The van der Waals surface area contributed by atoms with E-state index in [1.165, 1.54) is 31.9 Å². The van der Waals surface area contributed by atoms with Crippen molar-refractivity contribution in [3.63, 3.8) is 0 Å². The normalized spacial score (nSPS) is 39.4. The molecule has 3 aliphatic carbocycles. The maximum Gasteiger partial charge on any atom is 0.220 e. The summed E-state index contributed by atoms with van der Waals surface area (Å²) >= 11 is 0. The number of hydrogen-bond acceptors (Lipinski definition) is 3. The molecule has 0 aliphatic heterocycles. The summed E-state index contributed by atoms with van der Waals surface area (Å²) in [5.41, 5.74) is 0. The number of amides is 1. The van der Waals surface area contributed by atoms with Gasteiger partial charge in [0.05, 0.1) is 5.25 Å². The standard InChI is InChI=1S/C16H27NO3S/c1-21(19,20)15-4-2-3-14(10-15)17-16(18)9-13-8-11-5-6-12(13)7-11/h11-15H,2-10H2,1H3,(H,17,18)/t11-,12-,13-,14-,15+/m0/s1. The second kappa shape index (κ2) is 5.90. The third-order valence-electron chi connectivity index (χ3n) is 5.93. The quantitative estimate of drug-likeness (QED) is 0.866. The molecule has 1 amide bonds. The summed E-state index contributed by atoms with van der Waals surface area (Å²) in [5, 5.41) is 2.84. The monoisotopic (exact) mass is 313 g/mol. The van der Waals surface area contributed by atoms with Gasteiger partial charge in [-0.25, -0.2) is 8.42 Å². The number of nitrogens with one attached hydrogen (secondary N) is 1. The van der Waals surface area contributed by atoms with Gasteiger partial charge in [-0.15, -0.1) is 0 Å². The zero-order chi connectivity index (χ0) is 15.0. The third-order valence-corrected chi connectivity index (χ3v) is 7.57. The summed E-state index contributed by atoms with van der Waals surface area (Å²) in [5.74, 6) is 2.37. The molecule has 5 atom stereocenters. The lowest BCUT2D eigenvalue weighted by Crippen LogP contribution is -2.42. The molecular weight excluding hydrogens is 286 g/mol. The molecule has 0 aromatic carbocycles. The molecule has 0 aromatic heterocycles. The highest BCUT2D eigenvalue weighted by molar-refractivity contribution is 7.91. The van der Waals surface area contributed by atoms with E-state index in [1.807, 2.05) is 0 Å². The summed E-state index contributed by atoms with van der Waals surface area (Å²) in [6.07, 6.45) is 10.4. The molecule has 2 bridgehead atoms. The number of rotatable bonds is 4. The van der Waals surface area contributed by atoms with E-state index in [0.717, 1.165) is 31.1 Å². The van der Waals surface area contributed by atoms with Crippen molar-refractivity contribution < 1.29 is 13.2 Å². The highest BCUT2D eigenvalue weighted by atomic mass is 32.2. The minimum atomic E-state index is -2.98. The lowest BCUT2D eigenvalue weighted by molar-refractivity contribution is -0.123. The molecular formula is C16H27NO3S. The van der Waals surface area contributed by atoms with E-state index in [1.54, 1.807) is 0 Å². The minimum Gasteiger partial charge on any atom is -0.353 e. The molecule has 120 valence electrons. The highest BCUT2D eigenvalue weighted by Gasteiger charge is 2.40. The molecule has 1 N–H and O–H groups in total. The molecule has 0 aromatic rings. The van der Waals surface area contributed by atoms with Crippen LogP contribution >= 0.6 is 0 Å². The predicted octanol–water partition coefficient (Wildman–Crippen LogP) is 2.28. The summed E-state index contributed by atoms with van der Waals surface area (Å²) in [6, 6.07) is 0.0598. The first-order valence-corrected chi connectivity index (χ1v) is 10.4. The van der Waals surface area contributed by atoms with Gasteiger partial charge in [-0.3, -0.25) is 4.79 Å². The molecule has 3 aliphatic rings. The van der Waals surface area contributed by atoms with Crippen LogP contribution in [-0.4, -0.2) is 31.9 Å². The van der Waals surface area contributed by atoms with E-state index >= 15 is 0 Å². The van der Waals surface area contributed by atoms with Crippen LogP contribution in [0.1, 0.15) is 57.8 Å². The van der Waals surface area contributed by atoms with Gasteiger partial charge in [-0.2, -0.15) is 0 Å². The van der Waals surface area contributed by atoms with Crippen LogP contribution in [0.2, 0.25) is 0 Å². The van der Waals surface area contributed by atoms with Crippen LogP contribution in [-0.2, 0) is 14.6 Å². The molecule has 0 unspecified atom stereocenters.